The fourth-order valence-electron chi connectivity index (χ4n) is 7.64. The van der Waals surface area contributed by atoms with Crippen LogP contribution in [0.4, 0.5) is 0 Å². The third-order valence-electron chi connectivity index (χ3n) is 10.0. The van der Waals surface area contributed by atoms with Crippen LogP contribution in [-0.2, 0) is 21.9 Å². The van der Waals surface area contributed by atoms with Gasteiger partial charge in [-0.2, -0.15) is 4.31 Å². The van der Waals surface area contributed by atoms with Gasteiger partial charge in [-0.25, -0.2) is 8.42 Å². The van der Waals surface area contributed by atoms with E-state index >= 15 is 0 Å². The number of phenols is 1. The Hall–Kier alpha value is -1.93. The Labute approximate surface area is 222 Å². The lowest BCUT2D eigenvalue weighted by Gasteiger charge is -2.56. The molecule has 6 nitrogen and oxygen atoms in total. The first kappa shape index (κ1) is 25.4. The van der Waals surface area contributed by atoms with Crippen molar-refractivity contribution in [3.63, 3.8) is 0 Å². The first-order chi connectivity index (χ1) is 17.8. The molecule has 1 N–H and O–H groups in total. The van der Waals surface area contributed by atoms with Crippen LogP contribution >= 0.6 is 0 Å². The number of aromatic hydroxyl groups is 1. The molecule has 200 valence electrons. The average molecular weight is 524 g/mol. The topological polar surface area (TPSA) is 64.1 Å². The SMILES string of the molecule is C[C@@H]1[C@@H]2Cc3ccc(O)cc3[C@@]1(CCN1CCC(N(C3CC3)S(=O)(=O)c3ccccc3)CC1)CCN2C. The van der Waals surface area contributed by atoms with Crippen LogP contribution in [0.1, 0.15) is 56.6 Å². The van der Waals surface area contributed by atoms with Gasteiger partial charge in [-0.3, -0.25) is 0 Å². The van der Waals surface area contributed by atoms with Crippen molar-refractivity contribution in [1.29, 1.82) is 0 Å². The van der Waals surface area contributed by atoms with Crippen LogP contribution in [0.15, 0.2) is 53.4 Å². The molecule has 2 bridgehead atoms. The third kappa shape index (κ3) is 4.52. The number of hydrogen-bond donors (Lipinski definition) is 1. The van der Waals surface area contributed by atoms with Gasteiger partial charge in [0.05, 0.1) is 4.90 Å². The van der Waals surface area contributed by atoms with Gasteiger partial charge >= 0.3 is 0 Å². The van der Waals surface area contributed by atoms with Gasteiger partial charge in [-0.1, -0.05) is 31.2 Å². The Morgan fingerprint density at radius 2 is 1.70 bits per heavy atom. The van der Waals surface area contributed by atoms with Gasteiger partial charge < -0.3 is 14.9 Å². The van der Waals surface area contributed by atoms with Crippen LogP contribution in [0.3, 0.4) is 0 Å². The summed E-state index contributed by atoms with van der Waals surface area (Å²) in [5.41, 5.74) is 2.86. The monoisotopic (exact) mass is 523 g/mol. The van der Waals surface area contributed by atoms with Crippen molar-refractivity contribution >= 4 is 10.0 Å². The third-order valence-corrected chi connectivity index (χ3v) is 12.0. The lowest BCUT2D eigenvalue weighted by Crippen LogP contribution is -2.58. The van der Waals surface area contributed by atoms with E-state index in [1.807, 2.05) is 34.6 Å². The number of likely N-dealkylation sites (tertiary alicyclic amines) is 2. The first-order valence-electron chi connectivity index (χ1n) is 14.1. The molecule has 2 aliphatic heterocycles. The summed E-state index contributed by atoms with van der Waals surface area (Å²) in [7, 11) is -1.20. The molecule has 7 heteroatoms. The number of likely N-dealkylation sites (N-methyl/N-ethyl adjacent to an activating group) is 1. The fraction of sp³-hybridized carbons (Fsp3) is 0.600. The molecule has 1 saturated carbocycles. The quantitative estimate of drug-likeness (QED) is 0.588. The van der Waals surface area contributed by atoms with Gasteiger partial charge in [0, 0.05) is 23.5 Å². The number of rotatable bonds is 7. The number of benzene rings is 2. The lowest BCUT2D eigenvalue weighted by molar-refractivity contribution is 0.0272. The van der Waals surface area contributed by atoms with Crippen LogP contribution in [0, 0.1) is 5.92 Å². The summed E-state index contributed by atoms with van der Waals surface area (Å²) in [6.45, 7) is 6.43. The normalized spacial score (nSPS) is 29.4. The van der Waals surface area contributed by atoms with E-state index in [9.17, 15) is 13.5 Å². The number of nitrogens with zero attached hydrogens (tertiary/aromatic N) is 3. The van der Waals surface area contributed by atoms with Crippen molar-refractivity contribution in [2.45, 2.75) is 80.3 Å². The molecule has 3 fully saturated rings. The van der Waals surface area contributed by atoms with Crippen molar-refractivity contribution in [1.82, 2.24) is 14.1 Å². The zero-order valence-corrected chi connectivity index (χ0v) is 23.0. The first-order valence-corrected chi connectivity index (χ1v) is 15.6. The highest BCUT2D eigenvalue weighted by atomic mass is 32.2. The lowest BCUT2D eigenvalue weighted by atomic mass is 9.56. The van der Waals surface area contributed by atoms with E-state index in [4.69, 9.17) is 0 Å². The highest BCUT2D eigenvalue weighted by Crippen LogP contribution is 2.51. The molecule has 6 rings (SSSR count). The van der Waals surface area contributed by atoms with Crippen LogP contribution in [0.5, 0.6) is 5.75 Å². The predicted molar refractivity (Wildman–Crippen MR) is 146 cm³/mol. The fourth-order valence-corrected chi connectivity index (χ4v) is 9.59. The highest BCUT2D eigenvalue weighted by Gasteiger charge is 2.50. The Morgan fingerprint density at radius 3 is 2.41 bits per heavy atom. The molecule has 2 aromatic carbocycles. The summed E-state index contributed by atoms with van der Waals surface area (Å²) < 4.78 is 28.9. The minimum atomic E-state index is -3.46. The van der Waals surface area contributed by atoms with E-state index in [0.717, 1.165) is 71.1 Å². The summed E-state index contributed by atoms with van der Waals surface area (Å²) in [4.78, 5) is 5.51. The van der Waals surface area contributed by atoms with Crippen molar-refractivity contribution in [3.05, 3.63) is 59.7 Å². The molecule has 3 atom stereocenters. The number of sulfonamides is 1. The summed E-state index contributed by atoms with van der Waals surface area (Å²) in [5.74, 6) is 0.919. The van der Waals surface area contributed by atoms with Crippen LogP contribution < -0.4 is 0 Å². The van der Waals surface area contributed by atoms with E-state index in [-0.39, 0.29) is 17.5 Å². The second-order valence-electron chi connectivity index (χ2n) is 12.0. The van der Waals surface area contributed by atoms with Gasteiger partial charge in [0.1, 0.15) is 5.75 Å². The smallest absolute Gasteiger partial charge is 0.243 e. The van der Waals surface area contributed by atoms with Gasteiger partial charge in [0.2, 0.25) is 10.0 Å². The molecule has 2 aliphatic carbocycles. The maximum Gasteiger partial charge on any atom is 0.243 e. The van der Waals surface area contributed by atoms with Crippen molar-refractivity contribution in [3.8, 4) is 5.75 Å². The van der Waals surface area contributed by atoms with Crippen LogP contribution in [0.25, 0.3) is 0 Å². The van der Waals surface area contributed by atoms with Crippen LogP contribution in [0.2, 0.25) is 0 Å². The van der Waals surface area contributed by atoms with E-state index < -0.39 is 10.0 Å². The predicted octanol–water partition coefficient (Wildman–Crippen LogP) is 4.23. The Balaban J connectivity index is 1.16. The number of piperidine rings is 2. The summed E-state index contributed by atoms with van der Waals surface area (Å²) in [6, 6.07) is 15.8. The summed E-state index contributed by atoms with van der Waals surface area (Å²) in [5, 5.41) is 10.4. The van der Waals surface area contributed by atoms with Gasteiger partial charge in [0.15, 0.2) is 0 Å². The Morgan fingerprint density at radius 1 is 1.00 bits per heavy atom. The average Bonchev–Trinajstić information content (AvgIpc) is 3.73. The number of hydrogen-bond acceptors (Lipinski definition) is 5. The van der Waals surface area contributed by atoms with Gasteiger partial charge in [-0.15, -0.1) is 0 Å². The molecule has 37 heavy (non-hydrogen) atoms. The highest BCUT2D eigenvalue weighted by molar-refractivity contribution is 7.89. The van der Waals surface area contributed by atoms with Crippen molar-refractivity contribution < 1.29 is 13.5 Å². The number of fused-ring (bicyclic) bond motifs is 4. The summed E-state index contributed by atoms with van der Waals surface area (Å²) in [6.07, 6.45) is 7.03. The molecule has 0 aromatic heterocycles. The molecule has 0 radical (unpaired) electrons. The molecule has 2 heterocycles. The maximum atomic E-state index is 13.5. The van der Waals surface area contributed by atoms with Gasteiger partial charge in [-0.05, 0) is 119 Å². The molecular weight excluding hydrogens is 482 g/mol. The van der Waals surface area contributed by atoms with Crippen molar-refractivity contribution in [2.75, 3.05) is 33.2 Å². The summed E-state index contributed by atoms with van der Waals surface area (Å²) >= 11 is 0. The Kier molecular flexibility index (Phi) is 6.63. The van der Waals surface area contributed by atoms with E-state index in [1.165, 1.54) is 11.1 Å². The minimum Gasteiger partial charge on any atom is -0.508 e. The van der Waals surface area contributed by atoms with Crippen molar-refractivity contribution in [2.24, 2.45) is 5.92 Å². The second-order valence-corrected chi connectivity index (χ2v) is 13.8. The van der Waals surface area contributed by atoms with E-state index in [1.54, 1.807) is 12.1 Å². The standard InChI is InChI=1S/C30H41N3O3S/c1-22-29-20-23-8-11-26(34)21-28(23)30(22,14-18-31(29)2)15-19-32-16-12-25(13-17-32)33(24-9-10-24)37(35,36)27-6-4-3-5-7-27/h3-8,11,21-22,24-25,29,34H,9-10,12-20H2,1-2H3/t22-,29+,30-/m1/s1. The zero-order valence-electron chi connectivity index (χ0n) is 22.2. The van der Waals surface area contributed by atoms with Crippen LogP contribution in [-0.4, -0.2) is 79.0 Å². The molecule has 0 spiro atoms. The maximum absolute atomic E-state index is 13.5. The molecule has 4 aliphatic rings. The van der Waals surface area contributed by atoms with E-state index in [2.05, 4.69) is 29.8 Å². The minimum absolute atomic E-state index is 0.0890. The molecule has 2 saturated heterocycles. The molecular formula is C30H41N3O3S. The molecule has 0 unspecified atom stereocenters. The van der Waals surface area contributed by atoms with Gasteiger partial charge in [0.25, 0.3) is 0 Å². The number of phenolic OH excluding ortho intramolecular Hbond substituents is 1. The zero-order chi connectivity index (χ0) is 25.8. The van der Waals surface area contributed by atoms with E-state index in [0.29, 0.717) is 22.6 Å². The largest absolute Gasteiger partial charge is 0.508 e. The Bertz CT molecular complexity index is 1220. The molecule has 0 amide bonds. The second kappa shape index (κ2) is 9.67. The molecule has 2 aromatic rings.